The van der Waals surface area contributed by atoms with Gasteiger partial charge < -0.3 is 14.8 Å². The fourth-order valence-electron chi connectivity index (χ4n) is 1.76. The molecule has 1 aromatic heterocycles. The Morgan fingerprint density at radius 2 is 2.00 bits per heavy atom. The van der Waals surface area contributed by atoms with Gasteiger partial charge in [-0.2, -0.15) is 0 Å². The van der Waals surface area contributed by atoms with Crippen molar-refractivity contribution in [2.75, 3.05) is 6.54 Å². The average Bonchev–Trinajstić information content (AvgIpc) is 2.76. The lowest BCUT2D eigenvalue weighted by Crippen LogP contribution is -2.28. The van der Waals surface area contributed by atoms with E-state index in [0.717, 1.165) is 5.56 Å². The van der Waals surface area contributed by atoms with Crippen LogP contribution in [-0.4, -0.2) is 17.6 Å². The van der Waals surface area contributed by atoms with Crippen LogP contribution in [0.1, 0.15) is 33.5 Å². The molecule has 2 rings (SSSR count). The smallest absolute Gasteiger partial charge is 0.287 e. The molecule has 2 aromatic rings. The van der Waals surface area contributed by atoms with E-state index >= 15 is 0 Å². The Morgan fingerprint density at radius 3 is 2.55 bits per heavy atom. The molecule has 1 unspecified atom stereocenters. The van der Waals surface area contributed by atoms with E-state index in [1.165, 1.54) is 0 Å². The summed E-state index contributed by atoms with van der Waals surface area (Å²) in [6.45, 7) is 3.78. The number of nitrogens with one attached hydrogen (secondary N) is 1. The van der Waals surface area contributed by atoms with Crippen LogP contribution >= 0.6 is 11.6 Å². The maximum absolute atomic E-state index is 11.9. The van der Waals surface area contributed by atoms with Gasteiger partial charge in [0, 0.05) is 11.6 Å². The molecule has 1 atom stereocenters. The van der Waals surface area contributed by atoms with E-state index in [1.54, 1.807) is 37.3 Å². The van der Waals surface area contributed by atoms with E-state index in [0.29, 0.717) is 16.3 Å². The summed E-state index contributed by atoms with van der Waals surface area (Å²) in [6.07, 6.45) is -0.784. The third kappa shape index (κ3) is 3.40. The van der Waals surface area contributed by atoms with E-state index < -0.39 is 6.10 Å². The molecule has 2 N–H and O–H groups in total. The Kier molecular flexibility index (Phi) is 4.47. The predicted molar refractivity (Wildman–Crippen MR) is 76.9 cm³/mol. The number of aliphatic hydroxyl groups excluding tert-OH is 1. The third-order valence-corrected chi connectivity index (χ3v) is 3.35. The van der Waals surface area contributed by atoms with Crippen LogP contribution in [0.25, 0.3) is 0 Å². The predicted octanol–water partition coefficient (Wildman–Crippen LogP) is 3.01. The molecule has 0 bridgehead atoms. The highest BCUT2D eigenvalue weighted by atomic mass is 35.5. The van der Waals surface area contributed by atoms with Gasteiger partial charge in [-0.1, -0.05) is 23.7 Å². The maximum atomic E-state index is 11.9. The monoisotopic (exact) mass is 293 g/mol. The number of halogens is 1. The van der Waals surface area contributed by atoms with Crippen molar-refractivity contribution in [3.63, 3.8) is 0 Å². The molecule has 0 spiro atoms. The van der Waals surface area contributed by atoms with Gasteiger partial charge in [-0.05, 0) is 43.2 Å². The SMILES string of the molecule is Cc1cc(C(=O)NCC(O)c2ccc(Cl)cc2)oc1C. The van der Waals surface area contributed by atoms with Gasteiger partial charge in [-0.25, -0.2) is 0 Å². The van der Waals surface area contributed by atoms with Gasteiger partial charge in [0.25, 0.3) is 5.91 Å². The summed E-state index contributed by atoms with van der Waals surface area (Å²) in [7, 11) is 0. The number of carbonyl (C=O) groups is 1. The van der Waals surface area contributed by atoms with E-state index in [1.807, 2.05) is 6.92 Å². The van der Waals surface area contributed by atoms with Crippen LogP contribution in [0.5, 0.6) is 0 Å². The largest absolute Gasteiger partial charge is 0.456 e. The number of hydrogen-bond donors (Lipinski definition) is 2. The lowest BCUT2D eigenvalue weighted by Gasteiger charge is -2.11. The minimum atomic E-state index is -0.784. The zero-order chi connectivity index (χ0) is 14.7. The van der Waals surface area contributed by atoms with E-state index in [2.05, 4.69) is 5.32 Å². The van der Waals surface area contributed by atoms with Crippen molar-refractivity contribution >= 4 is 17.5 Å². The lowest BCUT2D eigenvalue weighted by molar-refractivity contribution is 0.0888. The molecule has 0 saturated carbocycles. The van der Waals surface area contributed by atoms with Gasteiger partial charge in [-0.3, -0.25) is 4.79 Å². The van der Waals surface area contributed by atoms with Crippen molar-refractivity contribution in [3.05, 3.63) is 58.0 Å². The zero-order valence-electron chi connectivity index (χ0n) is 11.3. The van der Waals surface area contributed by atoms with Crippen LogP contribution in [0.15, 0.2) is 34.7 Å². The van der Waals surface area contributed by atoms with Crippen LogP contribution in [0.2, 0.25) is 5.02 Å². The molecule has 4 nitrogen and oxygen atoms in total. The Bertz CT molecular complexity index is 585. The fourth-order valence-corrected chi connectivity index (χ4v) is 1.89. The molecular weight excluding hydrogens is 278 g/mol. The number of hydrogen-bond acceptors (Lipinski definition) is 3. The molecule has 0 radical (unpaired) electrons. The van der Waals surface area contributed by atoms with Gasteiger partial charge in [0.15, 0.2) is 5.76 Å². The summed E-state index contributed by atoms with van der Waals surface area (Å²) in [5.74, 6) is 0.630. The topological polar surface area (TPSA) is 62.5 Å². The second-order valence-electron chi connectivity index (χ2n) is 4.63. The minimum Gasteiger partial charge on any atom is -0.456 e. The summed E-state index contributed by atoms with van der Waals surface area (Å²) in [5, 5.41) is 13.2. The molecule has 0 aliphatic carbocycles. The van der Waals surface area contributed by atoms with Crippen molar-refractivity contribution in [3.8, 4) is 0 Å². The highest BCUT2D eigenvalue weighted by Gasteiger charge is 2.14. The highest BCUT2D eigenvalue weighted by molar-refractivity contribution is 6.30. The molecule has 1 aromatic carbocycles. The number of benzene rings is 1. The summed E-state index contributed by atoms with van der Waals surface area (Å²) in [5.41, 5.74) is 1.62. The van der Waals surface area contributed by atoms with Crippen molar-refractivity contribution in [2.45, 2.75) is 20.0 Å². The quantitative estimate of drug-likeness (QED) is 0.911. The van der Waals surface area contributed by atoms with Crippen molar-refractivity contribution in [1.29, 1.82) is 0 Å². The third-order valence-electron chi connectivity index (χ3n) is 3.10. The first kappa shape index (κ1) is 14.6. The van der Waals surface area contributed by atoms with Crippen molar-refractivity contribution in [1.82, 2.24) is 5.32 Å². The molecule has 0 fully saturated rings. The molecule has 20 heavy (non-hydrogen) atoms. The first-order chi connectivity index (χ1) is 9.47. The molecule has 1 amide bonds. The summed E-state index contributed by atoms with van der Waals surface area (Å²) in [4.78, 5) is 11.9. The van der Waals surface area contributed by atoms with Crippen LogP contribution in [0.3, 0.4) is 0 Å². The van der Waals surface area contributed by atoms with Crippen molar-refractivity contribution < 1.29 is 14.3 Å². The second-order valence-corrected chi connectivity index (χ2v) is 5.06. The van der Waals surface area contributed by atoms with Crippen LogP contribution in [-0.2, 0) is 0 Å². The summed E-state index contributed by atoms with van der Waals surface area (Å²) < 4.78 is 5.32. The number of carbonyl (C=O) groups excluding carboxylic acids is 1. The minimum absolute atomic E-state index is 0.110. The highest BCUT2D eigenvalue weighted by Crippen LogP contribution is 2.16. The number of amides is 1. The second kappa shape index (κ2) is 6.11. The average molecular weight is 294 g/mol. The number of aryl methyl sites for hydroxylation is 2. The van der Waals surface area contributed by atoms with Crippen molar-refractivity contribution in [2.24, 2.45) is 0 Å². The van der Waals surface area contributed by atoms with Crippen LogP contribution in [0.4, 0.5) is 0 Å². The molecule has 1 heterocycles. The fraction of sp³-hybridized carbons (Fsp3) is 0.267. The van der Waals surface area contributed by atoms with E-state index in [9.17, 15) is 9.90 Å². The zero-order valence-corrected chi connectivity index (χ0v) is 12.1. The summed E-state index contributed by atoms with van der Waals surface area (Å²) in [6, 6.07) is 8.52. The molecule has 0 saturated heterocycles. The van der Waals surface area contributed by atoms with E-state index in [-0.39, 0.29) is 18.2 Å². The van der Waals surface area contributed by atoms with Gasteiger partial charge in [0.05, 0.1) is 6.10 Å². The Morgan fingerprint density at radius 1 is 1.35 bits per heavy atom. The van der Waals surface area contributed by atoms with Gasteiger partial charge >= 0.3 is 0 Å². The van der Waals surface area contributed by atoms with Gasteiger partial charge in [0.2, 0.25) is 0 Å². The Balaban J connectivity index is 1.94. The van der Waals surface area contributed by atoms with Crippen LogP contribution < -0.4 is 5.32 Å². The first-order valence-corrected chi connectivity index (χ1v) is 6.64. The van der Waals surface area contributed by atoms with Crippen LogP contribution in [0, 0.1) is 13.8 Å². The molecule has 5 heteroatoms. The first-order valence-electron chi connectivity index (χ1n) is 6.26. The normalized spacial score (nSPS) is 12.2. The summed E-state index contributed by atoms with van der Waals surface area (Å²) >= 11 is 5.78. The van der Waals surface area contributed by atoms with E-state index in [4.69, 9.17) is 16.0 Å². The molecule has 106 valence electrons. The Labute approximate surface area is 122 Å². The van der Waals surface area contributed by atoms with Gasteiger partial charge in [0.1, 0.15) is 5.76 Å². The molecular formula is C15H16ClNO3. The standard InChI is InChI=1S/C15H16ClNO3/c1-9-7-14(20-10(9)2)15(19)17-8-13(18)11-3-5-12(16)6-4-11/h3-7,13,18H,8H2,1-2H3,(H,17,19). The lowest BCUT2D eigenvalue weighted by atomic mass is 10.1. The molecule has 0 aliphatic rings. The number of rotatable bonds is 4. The number of furan rings is 1. The Hall–Kier alpha value is -1.78. The molecule has 0 aliphatic heterocycles. The number of aliphatic hydroxyl groups is 1. The van der Waals surface area contributed by atoms with Gasteiger partial charge in [-0.15, -0.1) is 0 Å². The maximum Gasteiger partial charge on any atom is 0.287 e.